The van der Waals surface area contributed by atoms with Crippen molar-refractivity contribution in [2.75, 3.05) is 0 Å². The van der Waals surface area contributed by atoms with Gasteiger partial charge >= 0.3 is 5.63 Å². The van der Waals surface area contributed by atoms with Crippen LogP contribution in [0.25, 0.3) is 11.0 Å². The van der Waals surface area contributed by atoms with Gasteiger partial charge in [0.2, 0.25) is 0 Å². The van der Waals surface area contributed by atoms with Gasteiger partial charge in [-0.2, -0.15) is 5.10 Å². The van der Waals surface area contributed by atoms with E-state index in [1.165, 1.54) is 0 Å². The summed E-state index contributed by atoms with van der Waals surface area (Å²) in [6.07, 6.45) is 0. The van der Waals surface area contributed by atoms with Crippen molar-refractivity contribution in [3.63, 3.8) is 0 Å². The zero-order valence-corrected chi connectivity index (χ0v) is 13.5. The molecule has 0 bridgehead atoms. The van der Waals surface area contributed by atoms with Crippen LogP contribution < -0.4 is 11.1 Å². The van der Waals surface area contributed by atoms with Crippen LogP contribution in [0.15, 0.2) is 68.9 Å². The highest BCUT2D eigenvalue weighted by molar-refractivity contribution is 6.33. The van der Waals surface area contributed by atoms with Crippen LogP contribution in [0.1, 0.15) is 22.8 Å². The van der Waals surface area contributed by atoms with Crippen LogP contribution in [0.3, 0.4) is 0 Å². The zero-order valence-electron chi connectivity index (χ0n) is 12.7. The Hall–Kier alpha value is -2.92. The van der Waals surface area contributed by atoms with Gasteiger partial charge in [0.15, 0.2) is 0 Å². The minimum absolute atomic E-state index is 0.285. The Morgan fingerprint density at radius 2 is 1.79 bits per heavy atom. The lowest BCUT2D eigenvalue weighted by Crippen LogP contribution is -2.21. The van der Waals surface area contributed by atoms with Gasteiger partial charge in [-0.15, -0.1) is 0 Å². The summed E-state index contributed by atoms with van der Waals surface area (Å²) in [5, 5.41) is 5.08. The molecule has 0 fully saturated rings. The first-order chi connectivity index (χ1) is 11.6. The summed E-state index contributed by atoms with van der Waals surface area (Å²) >= 11 is 5.97. The Balaban J connectivity index is 1.89. The number of amides is 1. The molecule has 0 spiro atoms. The van der Waals surface area contributed by atoms with Crippen molar-refractivity contribution in [2.45, 2.75) is 6.92 Å². The fraction of sp³-hybridized carbons (Fsp3) is 0.0556. The molecule has 3 rings (SSSR count). The number of carbonyl (C=O) groups is 1. The van der Waals surface area contributed by atoms with E-state index in [1.54, 1.807) is 49.4 Å². The van der Waals surface area contributed by atoms with E-state index >= 15 is 0 Å². The van der Waals surface area contributed by atoms with Crippen molar-refractivity contribution >= 4 is 34.2 Å². The number of carbonyl (C=O) groups excluding carboxylic acids is 1. The summed E-state index contributed by atoms with van der Waals surface area (Å²) in [4.78, 5) is 24.2. The molecule has 0 saturated carbocycles. The third-order valence-corrected chi connectivity index (χ3v) is 3.80. The average Bonchev–Trinajstić information content (AvgIpc) is 2.59. The quantitative estimate of drug-likeness (QED) is 0.450. The lowest BCUT2D eigenvalue weighted by Gasteiger charge is -2.04. The second-order valence-corrected chi connectivity index (χ2v) is 5.51. The van der Waals surface area contributed by atoms with Crippen molar-refractivity contribution in [1.29, 1.82) is 0 Å². The molecule has 120 valence electrons. The van der Waals surface area contributed by atoms with Gasteiger partial charge in [0.25, 0.3) is 5.91 Å². The molecule has 0 aliphatic carbocycles. The minimum atomic E-state index is -0.512. The number of hydrogen-bond donors (Lipinski definition) is 1. The summed E-state index contributed by atoms with van der Waals surface area (Å²) in [6.45, 7) is 1.62. The number of hydrazone groups is 1. The predicted octanol–water partition coefficient (Wildman–Crippen LogP) is 3.60. The molecular formula is C18H13ClN2O3. The summed E-state index contributed by atoms with van der Waals surface area (Å²) in [7, 11) is 0. The van der Waals surface area contributed by atoms with E-state index in [-0.39, 0.29) is 5.56 Å². The summed E-state index contributed by atoms with van der Waals surface area (Å²) < 4.78 is 5.25. The topological polar surface area (TPSA) is 71.7 Å². The highest BCUT2D eigenvalue weighted by Gasteiger charge is 2.11. The molecule has 0 aliphatic rings. The predicted molar refractivity (Wildman–Crippen MR) is 93.6 cm³/mol. The Morgan fingerprint density at radius 1 is 1.08 bits per heavy atom. The molecule has 0 aliphatic heterocycles. The van der Waals surface area contributed by atoms with Crippen molar-refractivity contribution in [3.8, 4) is 0 Å². The lowest BCUT2D eigenvalue weighted by atomic mass is 10.1. The van der Waals surface area contributed by atoms with Crippen LogP contribution in [-0.4, -0.2) is 11.6 Å². The van der Waals surface area contributed by atoms with Crippen molar-refractivity contribution in [3.05, 3.63) is 81.2 Å². The van der Waals surface area contributed by atoms with Gasteiger partial charge in [-0.25, -0.2) is 10.2 Å². The number of benzene rings is 2. The van der Waals surface area contributed by atoms with Gasteiger partial charge in [-0.05, 0) is 31.2 Å². The summed E-state index contributed by atoms with van der Waals surface area (Å²) in [6, 6.07) is 15.5. The van der Waals surface area contributed by atoms with Gasteiger partial charge in [-0.1, -0.05) is 41.9 Å². The van der Waals surface area contributed by atoms with Gasteiger partial charge < -0.3 is 4.42 Å². The maximum atomic E-state index is 12.1. The van der Waals surface area contributed by atoms with Crippen molar-refractivity contribution < 1.29 is 9.21 Å². The van der Waals surface area contributed by atoms with Crippen molar-refractivity contribution in [2.24, 2.45) is 5.10 Å². The third kappa shape index (κ3) is 3.21. The Morgan fingerprint density at radius 3 is 2.58 bits per heavy atom. The molecule has 3 aromatic rings. The Kier molecular flexibility index (Phi) is 4.44. The molecule has 1 N–H and O–H groups in total. The second kappa shape index (κ2) is 6.68. The smallest absolute Gasteiger partial charge is 0.345 e. The average molecular weight is 341 g/mol. The molecule has 5 nitrogen and oxygen atoms in total. The van der Waals surface area contributed by atoms with Gasteiger partial charge in [0, 0.05) is 5.39 Å². The number of rotatable bonds is 3. The van der Waals surface area contributed by atoms with E-state index in [9.17, 15) is 9.59 Å². The molecule has 0 atom stereocenters. The van der Waals surface area contributed by atoms with E-state index in [0.29, 0.717) is 21.9 Å². The number of halogens is 1. The summed E-state index contributed by atoms with van der Waals surface area (Å²) in [5.41, 5.74) is 3.32. The highest BCUT2D eigenvalue weighted by atomic mass is 35.5. The second-order valence-electron chi connectivity index (χ2n) is 5.10. The molecule has 1 heterocycles. The standard InChI is InChI=1S/C18H13ClN2O3/c1-11(20-21-17(22)13-7-3-4-8-15(13)19)14-10-12-6-2-5-9-16(12)24-18(14)23/h2-10H,1H3,(H,21,22)/b20-11-. The van der Waals surface area contributed by atoms with E-state index < -0.39 is 11.5 Å². The number of para-hydroxylation sites is 1. The maximum Gasteiger partial charge on any atom is 0.345 e. The Labute approximate surface area is 142 Å². The number of nitrogens with zero attached hydrogens (tertiary/aromatic N) is 1. The van der Waals surface area contributed by atoms with E-state index in [2.05, 4.69) is 10.5 Å². The minimum Gasteiger partial charge on any atom is -0.422 e. The van der Waals surface area contributed by atoms with Gasteiger partial charge in [-0.3, -0.25) is 4.79 Å². The molecular weight excluding hydrogens is 328 g/mol. The van der Waals surface area contributed by atoms with Crippen LogP contribution in [0.4, 0.5) is 0 Å². The van der Waals surface area contributed by atoms with Crippen LogP contribution in [-0.2, 0) is 0 Å². The van der Waals surface area contributed by atoms with Crippen molar-refractivity contribution in [1.82, 2.24) is 5.43 Å². The Bertz CT molecular complexity index is 1010. The molecule has 2 aromatic carbocycles. The van der Waals surface area contributed by atoms with Crippen LogP contribution in [0.5, 0.6) is 0 Å². The first-order valence-electron chi connectivity index (χ1n) is 7.18. The molecule has 0 radical (unpaired) electrons. The van der Waals surface area contributed by atoms with Crippen LogP contribution in [0, 0.1) is 0 Å². The largest absolute Gasteiger partial charge is 0.422 e. The number of fused-ring (bicyclic) bond motifs is 1. The fourth-order valence-corrected chi connectivity index (χ4v) is 2.44. The third-order valence-electron chi connectivity index (χ3n) is 3.47. The zero-order chi connectivity index (χ0) is 17.1. The molecule has 24 heavy (non-hydrogen) atoms. The SMILES string of the molecule is C/C(=N/NC(=O)c1ccccc1Cl)c1cc2ccccc2oc1=O. The van der Waals surface area contributed by atoms with Crippen LogP contribution in [0.2, 0.25) is 5.02 Å². The van der Waals surface area contributed by atoms with E-state index in [4.69, 9.17) is 16.0 Å². The van der Waals surface area contributed by atoms with Gasteiger partial charge in [0.1, 0.15) is 5.58 Å². The first kappa shape index (κ1) is 16.0. The monoisotopic (exact) mass is 340 g/mol. The fourth-order valence-electron chi connectivity index (χ4n) is 2.21. The van der Waals surface area contributed by atoms with Gasteiger partial charge in [0.05, 0.1) is 21.9 Å². The van der Waals surface area contributed by atoms with Crippen LogP contribution >= 0.6 is 11.6 Å². The summed E-state index contributed by atoms with van der Waals surface area (Å²) in [5.74, 6) is -0.454. The molecule has 0 saturated heterocycles. The van der Waals surface area contributed by atoms with E-state index in [1.807, 2.05) is 12.1 Å². The molecule has 1 amide bonds. The molecule has 1 aromatic heterocycles. The number of hydrogen-bond acceptors (Lipinski definition) is 4. The molecule has 0 unspecified atom stereocenters. The highest BCUT2D eigenvalue weighted by Crippen LogP contribution is 2.15. The first-order valence-corrected chi connectivity index (χ1v) is 7.56. The van der Waals surface area contributed by atoms with E-state index in [0.717, 1.165) is 5.39 Å². The number of nitrogens with one attached hydrogen (secondary N) is 1. The molecule has 6 heteroatoms. The normalized spacial score (nSPS) is 11.5. The lowest BCUT2D eigenvalue weighted by molar-refractivity contribution is 0.0955. The maximum absolute atomic E-state index is 12.1.